The van der Waals surface area contributed by atoms with Gasteiger partial charge in [-0.1, -0.05) is 18.7 Å². The minimum Gasteiger partial charge on any atom is -0.483 e. The van der Waals surface area contributed by atoms with Gasteiger partial charge in [0.05, 0.1) is 5.56 Å². The first-order valence-corrected chi connectivity index (χ1v) is 11.9. The zero-order valence-corrected chi connectivity index (χ0v) is 19.4. The fraction of sp³-hybridized carbons (Fsp3) is 0.393. The smallest absolute Gasteiger partial charge is 0.343 e. The molecule has 0 aromatic heterocycles. The average Bonchev–Trinajstić information content (AvgIpc) is 2.82. The predicted octanol–water partition coefficient (Wildman–Crippen LogP) is 7.51. The lowest BCUT2D eigenvalue weighted by atomic mass is 9.64. The number of halogens is 4. The monoisotopic (exact) mass is 488 g/mol. The summed E-state index contributed by atoms with van der Waals surface area (Å²) in [6, 6.07) is 3.38. The first-order chi connectivity index (χ1) is 16.8. The van der Waals surface area contributed by atoms with Gasteiger partial charge in [0, 0.05) is 17.7 Å². The van der Waals surface area contributed by atoms with E-state index in [0.717, 1.165) is 49.9 Å². The van der Waals surface area contributed by atoms with Gasteiger partial charge >= 0.3 is 5.97 Å². The SMILES string of the molecule is C=CCOc1c(F)cc(OC(=O)c2cc(F)c(C3CCC4CC(C=C)CCC4C3)c(F)c2)cc1F. The Labute approximate surface area is 202 Å². The number of esters is 1. The molecule has 0 amide bonds. The number of ether oxygens (including phenoxy) is 2. The molecular weight excluding hydrogens is 460 g/mol. The molecule has 0 radical (unpaired) electrons. The first-order valence-electron chi connectivity index (χ1n) is 11.9. The summed E-state index contributed by atoms with van der Waals surface area (Å²) in [6.45, 7) is 7.18. The number of carbonyl (C=O) groups excluding carboxylic acids is 1. The fourth-order valence-electron chi connectivity index (χ4n) is 5.54. The lowest BCUT2D eigenvalue weighted by Crippen LogP contribution is -2.30. The van der Waals surface area contributed by atoms with Crippen molar-refractivity contribution < 1.29 is 31.8 Å². The third-order valence-corrected chi connectivity index (χ3v) is 7.24. The second-order valence-corrected chi connectivity index (χ2v) is 9.40. The molecule has 3 nitrogen and oxygen atoms in total. The minimum absolute atomic E-state index is 0.00773. The number of benzene rings is 2. The van der Waals surface area contributed by atoms with Crippen LogP contribution in [0.1, 0.15) is 60.4 Å². The standard InChI is InChI=1S/C28H28F4O3/c1-3-9-34-27-24(31)14-21(15-25(27)32)35-28(33)20-12-22(29)26(23(30)13-20)19-8-7-17-10-16(4-2)5-6-18(17)11-19/h3-4,12-19H,1-2,5-11H2. The maximum Gasteiger partial charge on any atom is 0.343 e. The number of hydrogen-bond donors (Lipinski definition) is 0. The molecule has 2 aliphatic carbocycles. The topological polar surface area (TPSA) is 35.5 Å². The summed E-state index contributed by atoms with van der Waals surface area (Å²) >= 11 is 0. The first kappa shape index (κ1) is 25.0. The van der Waals surface area contributed by atoms with Crippen LogP contribution >= 0.6 is 0 Å². The number of hydrogen-bond acceptors (Lipinski definition) is 3. The molecule has 0 heterocycles. The highest BCUT2D eigenvalue weighted by molar-refractivity contribution is 5.91. The van der Waals surface area contributed by atoms with Crippen LogP contribution in [0.25, 0.3) is 0 Å². The Morgan fingerprint density at radius 2 is 1.51 bits per heavy atom. The molecule has 35 heavy (non-hydrogen) atoms. The van der Waals surface area contributed by atoms with E-state index in [0.29, 0.717) is 30.6 Å². The van der Waals surface area contributed by atoms with Crippen molar-refractivity contribution in [3.63, 3.8) is 0 Å². The Balaban J connectivity index is 1.47. The van der Waals surface area contributed by atoms with Gasteiger partial charge in [-0.3, -0.25) is 0 Å². The maximum absolute atomic E-state index is 15.0. The third-order valence-electron chi connectivity index (χ3n) is 7.24. The highest BCUT2D eigenvalue weighted by atomic mass is 19.1. The second kappa shape index (κ2) is 10.7. The molecule has 0 spiro atoms. The molecule has 4 rings (SSSR count). The van der Waals surface area contributed by atoms with Crippen molar-refractivity contribution in [1.29, 1.82) is 0 Å². The van der Waals surface area contributed by atoms with E-state index in [1.807, 2.05) is 6.08 Å². The molecule has 2 saturated carbocycles. The normalized spacial score (nSPS) is 23.8. The van der Waals surface area contributed by atoms with Gasteiger partial charge in [0.15, 0.2) is 17.4 Å². The van der Waals surface area contributed by atoms with Crippen molar-refractivity contribution in [2.24, 2.45) is 17.8 Å². The molecule has 2 aromatic carbocycles. The van der Waals surface area contributed by atoms with Crippen molar-refractivity contribution in [2.75, 3.05) is 6.61 Å². The molecule has 0 saturated heterocycles. The van der Waals surface area contributed by atoms with E-state index in [1.54, 1.807) is 0 Å². The lowest BCUT2D eigenvalue weighted by molar-refractivity contribution is 0.0732. The van der Waals surface area contributed by atoms with E-state index in [1.165, 1.54) is 6.08 Å². The van der Waals surface area contributed by atoms with Gasteiger partial charge in [0.1, 0.15) is 24.0 Å². The van der Waals surface area contributed by atoms with Gasteiger partial charge in [0.2, 0.25) is 0 Å². The third kappa shape index (κ3) is 5.44. The van der Waals surface area contributed by atoms with Crippen molar-refractivity contribution in [3.05, 3.63) is 84.0 Å². The number of fused-ring (bicyclic) bond motifs is 1. The fourth-order valence-corrected chi connectivity index (χ4v) is 5.54. The molecule has 0 N–H and O–H groups in total. The molecule has 186 valence electrons. The summed E-state index contributed by atoms with van der Waals surface area (Å²) in [6.07, 6.45) is 8.79. The van der Waals surface area contributed by atoms with Crippen LogP contribution in [0.2, 0.25) is 0 Å². The van der Waals surface area contributed by atoms with Crippen LogP contribution in [0.15, 0.2) is 49.6 Å². The maximum atomic E-state index is 15.0. The van der Waals surface area contributed by atoms with E-state index >= 15 is 8.78 Å². The van der Waals surface area contributed by atoms with Crippen LogP contribution in [0.4, 0.5) is 17.6 Å². The highest BCUT2D eigenvalue weighted by Crippen LogP contribution is 2.48. The minimum atomic E-state index is -1.13. The van der Waals surface area contributed by atoms with Crippen molar-refractivity contribution in [2.45, 2.75) is 44.4 Å². The Bertz CT molecular complexity index is 1080. The van der Waals surface area contributed by atoms with Crippen LogP contribution in [0.5, 0.6) is 11.5 Å². The van der Waals surface area contributed by atoms with Gasteiger partial charge < -0.3 is 9.47 Å². The van der Waals surface area contributed by atoms with Crippen molar-refractivity contribution in [3.8, 4) is 11.5 Å². The summed E-state index contributed by atoms with van der Waals surface area (Å²) < 4.78 is 68.2. The zero-order valence-electron chi connectivity index (χ0n) is 19.4. The molecule has 2 aromatic rings. The summed E-state index contributed by atoms with van der Waals surface area (Å²) in [5.74, 6) is -4.77. The van der Waals surface area contributed by atoms with Gasteiger partial charge in [-0.25, -0.2) is 22.4 Å². The molecule has 4 unspecified atom stereocenters. The predicted molar refractivity (Wildman–Crippen MR) is 124 cm³/mol. The highest BCUT2D eigenvalue weighted by Gasteiger charge is 2.37. The van der Waals surface area contributed by atoms with E-state index < -0.39 is 40.7 Å². The van der Waals surface area contributed by atoms with Gasteiger partial charge in [-0.2, -0.15) is 0 Å². The summed E-state index contributed by atoms with van der Waals surface area (Å²) in [5.41, 5.74) is -0.386. The molecular formula is C28H28F4O3. The Morgan fingerprint density at radius 1 is 0.886 bits per heavy atom. The zero-order chi connectivity index (χ0) is 25.1. The Kier molecular flexibility index (Phi) is 7.63. The molecule has 0 aliphatic heterocycles. The molecule has 0 bridgehead atoms. The van der Waals surface area contributed by atoms with Crippen LogP contribution < -0.4 is 9.47 Å². The molecule has 2 aliphatic rings. The van der Waals surface area contributed by atoms with E-state index in [2.05, 4.69) is 13.2 Å². The molecule has 4 atom stereocenters. The largest absolute Gasteiger partial charge is 0.483 e. The summed E-state index contributed by atoms with van der Waals surface area (Å²) in [4.78, 5) is 12.5. The van der Waals surface area contributed by atoms with E-state index in [9.17, 15) is 13.6 Å². The Morgan fingerprint density at radius 3 is 2.14 bits per heavy atom. The lowest BCUT2D eigenvalue weighted by Gasteiger charge is -2.41. The van der Waals surface area contributed by atoms with Gasteiger partial charge in [0.25, 0.3) is 0 Å². The van der Waals surface area contributed by atoms with Crippen LogP contribution in [0.3, 0.4) is 0 Å². The van der Waals surface area contributed by atoms with E-state index in [4.69, 9.17) is 9.47 Å². The van der Waals surface area contributed by atoms with Crippen molar-refractivity contribution in [1.82, 2.24) is 0 Å². The molecule has 7 heteroatoms. The van der Waals surface area contributed by atoms with Crippen molar-refractivity contribution >= 4 is 5.97 Å². The number of allylic oxidation sites excluding steroid dienone is 1. The quantitative estimate of drug-likeness (QED) is 0.175. The number of carbonyl (C=O) groups is 1. The van der Waals surface area contributed by atoms with Crippen LogP contribution in [-0.4, -0.2) is 12.6 Å². The summed E-state index contributed by atoms with van der Waals surface area (Å²) in [5, 5.41) is 0. The van der Waals surface area contributed by atoms with Crippen LogP contribution in [0, 0.1) is 41.0 Å². The summed E-state index contributed by atoms with van der Waals surface area (Å²) in [7, 11) is 0. The number of rotatable bonds is 7. The average molecular weight is 489 g/mol. The van der Waals surface area contributed by atoms with Gasteiger partial charge in [-0.05, 0) is 74.3 Å². The molecule has 2 fully saturated rings. The van der Waals surface area contributed by atoms with Gasteiger partial charge in [-0.15, -0.1) is 6.58 Å². The second-order valence-electron chi connectivity index (χ2n) is 9.40. The van der Waals surface area contributed by atoms with E-state index in [-0.39, 0.29) is 23.7 Å². The van der Waals surface area contributed by atoms with Crippen LogP contribution in [-0.2, 0) is 0 Å². The Hall–Kier alpha value is -3.09.